The molecule has 0 aliphatic carbocycles. The van der Waals surface area contributed by atoms with Crippen molar-refractivity contribution in [3.05, 3.63) is 11.3 Å². The third-order valence-corrected chi connectivity index (χ3v) is 1.43. The Kier molecular flexibility index (Phi) is 1.34. The lowest BCUT2D eigenvalue weighted by Gasteiger charge is -1.87. The van der Waals surface area contributed by atoms with Crippen molar-refractivity contribution in [1.29, 1.82) is 5.26 Å². The Morgan fingerprint density at radius 2 is 2.30 bits per heavy atom. The number of nitrogens with two attached hydrogens (primary N) is 1. The van der Waals surface area contributed by atoms with Gasteiger partial charge in [0.15, 0.2) is 0 Å². The van der Waals surface area contributed by atoms with Crippen LogP contribution in [0.4, 0.5) is 5.82 Å². The van der Waals surface area contributed by atoms with Crippen LogP contribution in [0, 0.1) is 18.3 Å². The maximum absolute atomic E-state index is 8.55. The minimum Gasteiger partial charge on any atom is -0.382 e. The number of hydrogen-bond acceptors (Lipinski definition) is 3. The quantitative estimate of drug-likeness (QED) is 0.553. The maximum atomic E-state index is 8.55. The van der Waals surface area contributed by atoms with Gasteiger partial charge < -0.3 is 5.73 Å². The van der Waals surface area contributed by atoms with E-state index in [9.17, 15) is 0 Å². The zero-order chi connectivity index (χ0) is 7.72. The van der Waals surface area contributed by atoms with Gasteiger partial charge in [0.2, 0.25) is 0 Å². The number of nitriles is 1. The third-order valence-electron chi connectivity index (χ3n) is 1.43. The van der Waals surface area contributed by atoms with Crippen molar-refractivity contribution in [3.8, 4) is 6.07 Å². The fourth-order valence-electron chi connectivity index (χ4n) is 0.807. The van der Waals surface area contributed by atoms with E-state index in [4.69, 9.17) is 11.0 Å². The molecule has 0 aliphatic heterocycles. The third kappa shape index (κ3) is 0.722. The molecule has 10 heavy (non-hydrogen) atoms. The van der Waals surface area contributed by atoms with Crippen LogP contribution >= 0.6 is 0 Å². The zero-order valence-corrected chi connectivity index (χ0v) is 5.92. The Morgan fingerprint density at radius 3 is 2.50 bits per heavy atom. The molecule has 1 heterocycles. The van der Waals surface area contributed by atoms with Gasteiger partial charge in [-0.15, -0.1) is 0 Å². The molecular weight excluding hydrogens is 128 g/mol. The first-order valence-corrected chi connectivity index (χ1v) is 2.86. The van der Waals surface area contributed by atoms with Crippen molar-refractivity contribution >= 4 is 5.82 Å². The first-order chi connectivity index (χ1) is 4.66. The highest BCUT2D eigenvalue weighted by atomic mass is 15.3. The Morgan fingerprint density at radius 1 is 1.70 bits per heavy atom. The lowest BCUT2D eigenvalue weighted by atomic mass is 10.3. The molecule has 0 atom stereocenters. The average molecular weight is 136 g/mol. The van der Waals surface area contributed by atoms with Gasteiger partial charge in [0.05, 0.1) is 0 Å². The summed E-state index contributed by atoms with van der Waals surface area (Å²) in [5, 5.41) is 12.4. The van der Waals surface area contributed by atoms with Crippen LogP contribution in [0.5, 0.6) is 0 Å². The van der Waals surface area contributed by atoms with E-state index in [2.05, 4.69) is 5.10 Å². The molecule has 4 heteroatoms. The molecule has 0 spiro atoms. The highest BCUT2D eigenvalue weighted by Gasteiger charge is 2.06. The van der Waals surface area contributed by atoms with Crippen LogP contribution in [0.15, 0.2) is 0 Å². The SMILES string of the molecule is Cc1c(N)nn(C)c1C#N. The van der Waals surface area contributed by atoms with Crippen LogP contribution in [0.3, 0.4) is 0 Å². The molecule has 0 amide bonds. The first-order valence-electron chi connectivity index (χ1n) is 2.86. The molecule has 0 unspecified atom stereocenters. The monoisotopic (exact) mass is 136 g/mol. The average Bonchev–Trinajstić information content (AvgIpc) is 2.09. The highest BCUT2D eigenvalue weighted by Crippen LogP contribution is 2.11. The fourth-order valence-corrected chi connectivity index (χ4v) is 0.807. The number of aromatic nitrogens is 2. The van der Waals surface area contributed by atoms with E-state index in [0.717, 1.165) is 5.56 Å². The van der Waals surface area contributed by atoms with Crippen LogP contribution in [0.1, 0.15) is 11.3 Å². The molecule has 0 saturated carbocycles. The summed E-state index contributed by atoms with van der Waals surface area (Å²) in [7, 11) is 1.70. The van der Waals surface area contributed by atoms with Crippen molar-refractivity contribution in [2.24, 2.45) is 7.05 Å². The standard InChI is InChI=1S/C6H8N4/c1-4-5(3-7)10(2)9-6(4)8/h1-2H3,(H2,8,9). The van der Waals surface area contributed by atoms with E-state index in [1.807, 2.05) is 6.07 Å². The molecule has 2 N–H and O–H groups in total. The van der Waals surface area contributed by atoms with Crippen molar-refractivity contribution in [3.63, 3.8) is 0 Å². The van der Waals surface area contributed by atoms with Gasteiger partial charge in [-0.25, -0.2) is 0 Å². The van der Waals surface area contributed by atoms with Gasteiger partial charge in [0.1, 0.15) is 17.6 Å². The Balaban J connectivity index is 3.37. The number of nitrogen functional groups attached to an aromatic ring is 1. The minimum atomic E-state index is 0.430. The van der Waals surface area contributed by atoms with Crippen LogP contribution in [0.25, 0.3) is 0 Å². The molecule has 52 valence electrons. The van der Waals surface area contributed by atoms with Gasteiger partial charge in [-0.05, 0) is 6.92 Å². The predicted octanol–water partition coefficient (Wildman–Crippen LogP) is 0.182. The van der Waals surface area contributed by atoms with Gasteiger partial charge in [-0.2, -0.15) is 10.4 Å². The molecule has 0 saturated heterocycles. The Hall–Kier alpha value is -1.50. The smallest absolute Gasteiger partial charge is 0.149 e. The van der Waals surface area contributed by atoms with E-state index in [1.165, 1.54) is 4.68 Å². The molecule has 1 aromatic rings. The van der Waals surface area contributed by atoms with E-state index >= 15 is 0 Å². The van der Waals surface area contributed by atoms with Gasteiger partial charge in [-0.3, -0.25) is 4.68 Å². The normalized spacial score (nSPS) is 9.30. The van der Waals surface area contributed by atoms with Gasteiger partial charge in [0, 0.05) is 12.6 Å². The van der Waals surface area contributed by atoms with Crippen LogP contribution in [-0.4, -0.2) is 9.78 Å². The van der Waals surface area contributed by atoms with Gasteiger partial charge in [0.25, 0.3) is 0 Å². The second kappa shape index (κ2) is 2.03. The van der Waals surface area contributed by atoms with Crippen LogP contribution in [0.2, 0.25) is 0 Å². The van der Waals surface area contributed by atoms with Crippen molar-refractivity contribution in [2.75, 3.05) is 5.73 Å². The van der Waals surface area contributed by atoms with Crippen molar-refractivity contribution in [1.82, 2.24) is 9.78 Å². The van der Waals surface area contributed by atoms with E-state index in [0.29, 0.717) is 11.5 Å². The number of hydrogen-bond donors (Lipinski definition) is 1. The molecule has 0 aromatic carbocycles. The van der Waals surface area contributed by atoms with Crippen LogP contribution < -0.4 is 5.73 Å². The summed E-state index contributed by atoms with van der Waals surface area (Å²) in [6.45, 7) is 1.78. The van der Waals surface area contributed by atoms with Gasteiger partial charge in [-0.1, -0.05) is 0 Å². The Labute approximate surface area is 58.9 Å². The summed E-state index contributed by atoms with van der Waals surface area (Å²) in [5.41, 5.74) is 6.71. The molecule has 4 nitrogen and oxygen atoms in total. The number of rotatable bonds is 0. The Bertz CT molecular complexity index is 291. The highest BCUT2D eigenvalue weighted by molar-refractivity contribution is 5.46. The molecule has 0 bridgehead atoms. The topological polar surface area (TPSA) is 67.6 Å². The maximum Gasteiger partial charge on any atom is 0.149 e. The van der Waals surface area contributed by atoms with Gasteiger partial charge >= 0.3 is 0 Å². The van der Waals surface area contributed by atoms with E-state index in [1.54, 1.807) is 14.0 Å². The largest absolute Gasteiger partial charge is 0.382 e. The summed E-state index contributed by atoms with van der Waals surface area (Å²) in [6.07, 6.45) is 0. The zero-order valence-electron chi connectivity index (χ0n) is 5.92. The summed E-state index contributed by atoms with van der Waals surface area (Å²) in [5.74, 6) is 0.430. The second-order valence-corrected chi connectivity index (χ2v) is 2.09. The minimum absolute atomic E-state index is 0.430. The molecule has 1 rings (SSSR count). The van der Waals surface area contributed by atoms with Crippen molar-refractivity contribution in [2.45, 2.75) is 6.92 Å². The molecule has 0 radical (unpaired) electrons. The van der Waals surface area contributed by atoms with E-state index < -0.39 is 0 Å². The summed E-state index contributed by atoms with van der Waals surface area (Å²) >= 11 is 0. The fraction of sp³-hybridized carbons (Fsp3) is 0.333. The van der Waals surface area contributed by atoms with Crippen LogP contribution in [-0.2, 0) is 7.05 Å². The molecule has 0 aliphatic rings. The lowest BCUT2D eigenvalue weighted by molar-refractivity contribution is 0.759. The molecule has 0 fully saturated rings. The number of anilines is 1. The number of nitrogens with zero attached hydrogens (tertiary/aromatic N) is 3. The molecule has 1 aromatic heterocycles. The number of aryl methyl sites for hydroxylation is 1. The lowest BCUT2D eigenvalue weighted by Crippen LogP contribution is -1.94. The predicted molar refractivity (Wildman–Crippen MR) is 37.1 cm³/mol. The summed E-state index contributed by atoms with van der Waals surface area (Å²) in [6, 6.07) is 2.00. The summed E-state index contributed by atoms with van der Waals surface area (Å²) < 4.78 is 1.48. The summed E-state index contributed by atoms with van der Waals surface area (Å²) in [4.78, 5) is 0. The van der Waals surface area contributed by atoms with Crippen molar-refractivity contribution < 1.29 is 0 Å². The second-order valence-electron chi connectivity index (χ2n) is 2.09. The van der Waals surface area contributed by atoms with E-state index in [-0.39, 0.29) is 0 Å². The molecular formula is C6H8N4. The first kappa shape index (κ1) is 6.62.